The number of carbonyl (C=O) groups excluding carboxylic acids is 1. The highest BCUT2D eigenvalue weighted by atomic mass is 16.4. The quantitative estimate of drug-likeness (QED) is 0.804. The van der Waals surface area contributed by atoms with Gasteiger partial charge in [-0.1, -0.05) is 13.8 Å². The predicted octanol–water partition coefficient (Wildman–Crippen LogP) is 2.97. The van der Waals surface area contributed by atoms with Crippen LogP contribution in [0.25, 0.3) is 0 Å². The van der Waals surface area contributed by atoms with Gasteiger partial charge in [0.2, 0.25) is 5.91 Å². The number of rotatable bonds is 7. The molecule has 0 aliphatic heterocycles. The summed E-state index contributed by atoms with van der Waals surface area (Å²) in [6, 6.07) is 5.01. The van der Waals surface area contributed by atoms with Crippen molar-refractivity contribution in [3.05, 3.63) is 23.8 Å². The third-order valence-electron chi connectivity index (χ3n) is 2.88. The number of hydrogen-bond acceptors (Lipinski definition) is 3. The number of nitrogens with zero attached hydrogens (tertiary/aromatic N) is 1. The van der Waals surface area contributed by atoms with Crippen molar-refractivity contribution in [2.24, 2.45) is 0 Å². The molecule has 0 aliphatic carbocycles. The van der Waals surface area contributed by atoms with Crippen molar-refractivity contribution < 1.29 is 14.7 Å². The Morgan fingerprint density at radius 1 is 1.20 bits per heavy atom. The lowest BCUT2D eigenvalue weighted by molar-refractivity contribution is -0.114. The van der Waals surface area contributed by atoms with E-state index in [0.29, 0.717) is 11.4 Å². The molecule has 1 amide bonds. The molecular weight excluding hydrogens is 256 g/mol. The van der Waals surface area contributed by atoms with Gasteiger partial charge in [-0.3, -0.25) is 4.79 Å². The maximum Gasteiger partial charge on any atom is 0.337 e. The van der Waals surface area contributed by atoms with Gasteiger partial charge in [0, 0.05) is 25.7 Å². The fourth-order valence-electron chi connectivity index (χ4n) is 2.16. The fourth-order valence-corrected chi connectivity index (χ4v) is 2.16. The largest absolute Gasteiger partial charge is 0.478 e. The third-order valence-corrected chi connectivity index (χ3v) is 2.88. The van der Waals surface area contributed by atoms with Crippen LogP contribution in [0.4, 0.5) is 11.4 Å². The predicted molar refractivity (Wildman–Crippen MR) is 80.5 cm³/mol. The Hall–Kier alpha value is -2.04. The summed E-state index contributed by atoms with van der Waals surface area (Å²) in [4.78, 5) is 24.6. The van der Waals surface area contributed by atoms with E-state index in [1.807, 2.05) is 0 Å². The second-order valence-corrected chi connectivity index (χ2v) is 4.71. The molecule has 1 aromatic rings. The number of carboxylic acids is 1. The minimum atomic E-state index is -0.982. The summed E-state index contributed by atoms with van der Waals surface area (Å²) in [5.74, 6) is -1.20. The van der Waals surface area contributed by atoms with E-state index >= 15 is 0 Å². The van der Waals surface area contributed by atoms with Crippen LogP contribution in [0.5, 0.6) is 0 Å². The molecular formula is C15H22N2O3. The van der Waals surface area contributed by atoms with Crippen molar-refractivity contribution in [3.63, 3.8) is 0 Å². The second kappa shape index (κ2) is 7.53. The SMILES string of the molecule is CCCN(CCC)c1ccc(NC(C)=O)cc1C(=O)O. The molecule has 5 nitrogen and oxygen atoms in total. The van der Waals surface area contributed by atoms with Crippen LogP contribution >= 0.6 is 0 Å². The monoisotopic (exact) mass is 278 g/mol. The molecule has 0 atom stereocenters. The Morgan fingerprint density at radius 3 is 2.25 bits per heavy atom. The fraction of sp³-hybridized carbons (Fsp3) is 0.467. The Kier molecular flexibility index (Phi) is 6.03. The van der Waals surface area contributed by atoms with Crippen molar-refractivity contribution in [1.29, 1.82) is 0 Å². The summed E-state index contributed by atoms with van der Waals surface area (Å²) in [6.45, 7) is 7.15. The molecule has 2 N–H and O–H groups in total. The zero-order chi connectivity index (χ0) is 15.1. The van der Waals surface area contributed by atoms with E-state index in [-0.39, 0.29) is 11.5 Å². The van der Waals surface area contributed by atoms with Crippen LogP contribution in [0.15, 0.2) is 18.2 Å². The molecule has 0 aliphatic rings. The number of anilines is 2. The summed E-state index contributed by atoms with van der Waals surface area (Å²) < 4.78 is 0. The molecule has 5 heteroatoms. The van der Waals surface area contributed by atoms with Gasteiger partial charge in [0.05, 0.1) is 11.3 Å². The molecule has 20 heavy (non-hydrogen) atoms. The number of aromatic carboxylic acids is 1. The van der Waals surface area contributed by atoms with Crippen molar-refractivity contribution in [2.75, 3.05) is 23.3 Å². The number of hydrogen-bond donors (Lipinski definition) is 2. The molecule has 0 saturated carbocycles. The number of carboxylic acid groups (broad SMARTS) is 1. The average Bonchev–Trinajstić information content (AvgIpc) is 2.37. The molecule has 0 spiro atoms. The van der Waals surface area contributed by atoms with Gasteiger partial charge in [-0.2, -0.15) is 0 Å². The Morgan fingerprint density at radius 2 is 1.80 bits per heavy atom. The maximum atomic E-state index is 11.4. The maximum absolute atomic E-state index is 11.4. The van der Waals surface area contributed by atoms with Gasteiger partial charge in [-0.05, 0) is 31.0 Å². The minimum Gasteiger partial charge on any atom is -0.478 e. The van der Waals surface area contributed by atoms with Crippen molar-refractivity contribution in [2.45, 2.75) is 33.6 Å². The number of amides is 1. The van der Waals surface area contributed by atoms with Gasteiger partial charge in [0.1, 0.15) is 0 Å². The van der Waals surface area contributed by atoms with Gasteiger partial charge in [-0.15, -0.1) is 0 Å². The standard InChI is InChI=1S/C15H22N2O3/c1-4-8-17(9-5-2)14-7-6-12(16-11(3)18)10-13(14)15(19)20/h6-7,10H,4-5,8-9H2,1-3H3,(H,16,18)(H,19,20). The van der Waals surface area contributed by atoms with Crippen LogP contribution < -0.4 is 10.2 Å². The zero-order valence-electron chi connectivity index (χ0n) is 12.3. The van der Waals surface area contributed by atoms with Crippen LogP contribution in [-0.4, -0.2) is 30.1 Å². The number of benzene rings is 1. The Bertz CT molecular complexity index is 480. The summed E-state index contributed by atoms with van der Waals surface area (Å²) in [5, 5.41) is 12.0. The van der Waals surface area contributed by atoms with Gasteiger partial charge in [-0.25, -0.2) is 4.79 Å². The first kappa shape index (κ1) is 16.0. The van der Waals surface area contributed by atoms with Gasteiger partial charge < -0.3 is 15.3 Å². The topological polar surface area (TPSA) is 69.6 Å². The lowest BCUT2D eigenvalue weighted by Gasteiger charge is -2.25. The molecule has 0 bridgehead atoms. The summed E-state index contributed by atoms with van der Waals surface area (Å²) >= 11 is 0. The summed E-state index contributed by atoms with van der Waals surface area (Å²) in [6.07, 6.45) is 1.90. The van der Waals surface area contributed by atoms with Crippen LogP contribution in [0.3, 0.4) is 0 Å². The highest BCUT2D eigenvalue weighted by Crippen LogP contribution is 2.25. The first-order valence-electron chi connectivity index (χ1n) is 6.89. The van der Waals surface area contributed by atoms with Crippen molar-refractivity contribution in [3.8, 4) is 0 Å². The van der Waals surface area contributed by atoms with E-state index in [1.165, 1.54) is 13.0 Å². The van der Waals surface area contributed by atoms with E-state index < -0.39 is 5.97 Å². The van der Waals surface area contributed by atoms with Crippen molar-refractivity contribution in [1.82, 2.24) is 0 Å². The second-order valence-electron chi connectivity index (χ2n) is 4.71. The molecule has 0 aromatic heterocycles. The molecule has 110 valence electrons. The van der Waals surface area contributed by atoms with E-state index in [4.69, 9.17) is 0 Å². The summed E-state index contributed by atoms with van der Waals surface area (Å²) in [5.41, 5.74) is 1.43. The highest BCUT2D eigenvalue weighted by molar-refractivity contribution is 5.97. The first-order chi connectivity index (χ1) is 9.49. The lowest BCUT2D eigenvalue weighted by Crippen LogP contribution is -2.27. The van der Waals surface area contributed by atoms with E-state index in [9.17, 15) is 14.7 Å². The third kappa shape index (κ3) is 4.26. The van der Waals surface area contributed by atoms with E-state index in [1.54, 1.807) is 12.1 Å². The normalized spacial score (nSPS) is 10.2. The molecule has 0 radical (unpaired) electrons. The van der Waals surface area contributed by atoms with E-state index in [0.717, 1.165) is 25.9 Å². The molecule has 1 rings (SSSR count). The number of carbonyl (C=O) groups is 2. The zero-order valence-corrected chi connectivity index (χ0v) is 12.3. The molecule has 0 fully saturated rings. The molecule has 0 unspecified atom stereocenters. The average molecular weight is 278 g/mol. The smallest absolute Gasteiger partial charge is 0.337 e. The van der Waals surface area contributed by atoms with Crippen LogP contribution in [0.1, 0.15) is 44.0 Å². The van der Waals surface area contributed by atoms with Gasteiger partial charge in [0.15, 0.2) is 0 Å². The lowest BCUT2D eigenvalue weighted by atomic mass is 10.1. The number of nitrogens with one attached hydrogen (secondary N) is 1. The minimum absolute atomic E-state index is 0.215. The molecule has 1 aromatic carbocycles. The highest BCUT2D eigenvalue weighted by Gasteiger charge is 2.16. The summed E-state index contributed by atoms with van der Waals surface area (Å²) in [7, 11) is 0. The van der Waals surface area contributed by atoms with Crippen LogP contribution in [0.2, 0.25) is 0 Å². The van der Waals surface area contributed by atoms with Crippen LogP contribution in [-0.2, 0) is 4.79 Å². The van der Waals surface area contributed by atoms with Crippen LogP contribution in [0, 0.1) is 0 Å². The van der Waals surface area contributed by atoms with Gasteiger partial charge in [0.25, 0.3) is 0 Å². The Labute approximate surface area is 119 Å². The Balaban J connectivity index is 3.16. The molecule has 0 saturated heterocycles. The molecule has 0 heterocycles. The van der Waals surface area contributed by atoms with Gasteiger partial charge >= 0.3 is 5.97 Å². The first-order valence-corrected chi connectivity index (χ1v) is 6.89. The van der Waals surface area contributed by atoms with E-state index in [2.05, 4.69) is 24.1 Å². The van der Waals surface area contributed by atoms with Crippen molar-refractivity contribution >= 4 is 23.3 Å².